The molecule has 0 saturated carbocycles. The molecule has 1 unspecified atom stereocenters. The Morgan fingerprint density at radius 3 is 3.10 bits per heavy atom. The maximum atomic E-state index is 12.2. The van der Waals surface area contributed by atoms with Gasteiger partial charge >= 0.3 is 0 Å². The van der Waals surface area contributed by atoms with Gasteiger partial charge in [0.25, 0.3) is 5.56 Å². The van der Waals surface area contributed by atoms with Gasteiger partial charge in [0.15, 0.2) is 0 Å². The van der Waals surface area contributed by atoms with Gasteiger partial charge in [-0.15, -0.1) is 0 Å². The molecule has 20 heavy (non-hydrogen) atoms. The summed E-state index contributed by atoms with van der Waals surface area (Å²) in [5, 5.41) is 6.63. The Morgan fingerprint density at radius 1 is 1.45 bits per heavy atom. The fourth-order valence-electron chi connectivity index (χ4n) is 2.42. The molecule has 104 valence electrons. The van der Waals surface area contributed by atoms with Crippen LogP contribution in [-0.4, -0.2) is 34.6 Å². The highest BCUT2D eigenvalue weighted by Gasteiger charge is 2.17. The third kappa shape index (κ3) is 2.55. The zero-order valence-corrected chi connectivity index (χ0v) is 11.0. The summed E-state index contributed by atoms with van der Waals surface area (Å²) in [6.45, 7) is 1.71. The molecule has 1 aliphatic rings. The molecule has 0 radical (unpaired) electrons. The highest BCUT2D eigenvalue weighted by atomic mass is 16.2. The molecule has 6 nitrogen and oxygen atoms in total. The number of nitrogens with one attached hydrogen (secondary N) is 2. The fourth-order valence-corrected chi connectivity index (χ4v) is 2.42. The number of carbonyl (C=O) groups excluding carboxylic acids is 1. The summed E-state index contributed by atoms with van der Waals surface area (Å²) in [4.78, 5) is 28.4. The molecule has 2 heterocycles. The number of amides is 1. The molecule has 2 N–H and O–H groups in total. The van der Waals surface area contributed by atoms with Crippen LogP contribution in [0.15, 0.2) is 35.4 Å². The summed E-state index contributed by atoms with van der Waals surface area (Å²) in [6.07, 6.45) is 2.35. The lowest BCUT2D eigenvalue weighted by Gasteiger charge is -2.12. The molecule has 6 heteroatoms. The van der Waals surface area contributed by atoms with E-state index in [0.717, 1.165) is 19.5 Å². The van der Waals surface area contributed by atoms with E-state index in [1.165, 1.54) is 10.9 Å². The number of rotatable bonds is 3. The fraction of sp³-hybridized carbons (Fsp3) is 0.357. The van der Waals surface area contributed by atoms with Crippen molar-refractivity contribution in [1.82, 2.24) is 20.2 Å². The Bertz CT molecular complexity index is 689. The van der Waals surface area contributed by atoms with Crippen LogP contribution >= 0.6 is 0 Å². The first kappa shape index (κ1) is 12.8. The molecule has 1 aliphatic heterocycles. The van der Waals surface area contributed by atoms with Crippen molar-refractivity contribution in [3.8, 4) is 0 Å². The first-order valence-electron chi connectivity index (χ1n) is 6.68. The second-order valence-corrected chi connectivity index (χ2v) is 4.95. The van der Waals surface area contributed by atoms with Crippen molar-refractivity contribution in [3.63, 3.8) is 0 Å². The van der Waals surface area contributed by atoms with Crippen molar-refractivity contribution in [3.05, 3.63) is 40.9 Å². The van der Waals surface area contributed by atoms with Gasteiger partial charge in [0.1, 0.15) is 6.54 Å². The molecule has 1 atom stereocenters. The maximum Gasteiger partial charge on any atom is 0.261 e. The van der Waals surface area contributed by atoms with Gasteiger partial charge in [0.05, 0.1) is 17.2 Å². The van der Waals surface area contributed by atoms with E-state index in [0.29, 0.717) is 10.9 Å². The van der Waals surface area contributed by atoms with Gasteiger partial charge in [-0.2, -0.15) is 0 Å². The number of benzene rings is 1. The lowest BCUT2D eigenvalue weighted by molar-refractivity contribution is -0.122. The highest BCUT2D eigenvalue weighted by Crippen LogP contribution is 2.04. The zero-order chi connectivity index (χ0) is 13.9. The van der Waals surface area contributed by atoms with Gasteiger partial charge in [0, 0.05) is 12.6 Å². The standard InChI is InChI=1S/C14H16N4O2/c19-13(17-10-5-6-15-7-10)8-18-9-16-12-4-2-1-3-11(12)14(18)20/h1-4,9-10,15H,5-8H2,(H,17,19). The number of hydrogen-bond acceptors (Lipinski definition) is 4. The first-order chi connectivity index (χ1) is 9.74. The van der Waals surface area contributed by atoms with E-state index in [1.54, 1.807) is 18.2 Å². The second kappa shape index (κ2) is 5.42. The third-order valence-corrected chi connectivity index (χ3v) is 3.47. The van der Waals surface area contributed by atoms with Crippen molar-refractivity contribution in [2.45, 2.75) is 19.0 Å². The molecule has 1 aromatic heterocycles. The predicted octanol–water partition coefficient (Wildman–Crippen LogP) is -0.125. The Kier molecular flexibility index (Phi) is 3.47. The number of para-hydroxylation sites is 1. The van der Waals surface area contributed by atoms with Gasteiger partial charge in [-0.05, 0) is 25.1 Å². The average Bonchev–Trinajstić information content (AvgIpc) is 2.95. The molecular formula is C14H16N4O2. The second-order valence-electron chi connectivity index (χ2n) is 4.95. The quantitative estimate of drug-likeness (QED) is 0.816. The number of hydrogen-bond donors (Lipinski definition) is 2. The summed E-state index contributed by atoms with van der Waals surface area (Å²) in [5.74, 6) is -0.155. The van der Waals surface area contributed by atoms with E-state index in [2.05, 4.69) is 15.6 Å². The van der Waals surface area contributed by atoms with Crippen LogP contribution in [0, 0.1) is 0 Å². The van der Waals surface area contributed by atoms with Crippen molar-refractivity contribution in [2.75, 3.05) is 13.1 Å². The van der Waals surface area contributed by atoms with E-state index in [1.807, 2.05) is 6.07 Å². The molecule has 2 aromatic rings. The van der Waals surface area contributed by atoms with E-state index in [4.69, 9.17) is 0 Å². The number of fused-ring (bicyclic) bond motifs is 1. The Balaban J connectivity index is 1.78. The van der Waals surface area contributed by atoms with Crippen LogP contribution in [0.2, 0.25) is 0 Å². The van der Waals surface area contributed by atoms with Crippen LogP contribution in [0.5, 0.6) is 0 Å². The summed E-state index contributed by atoms with van der Waals surface area (Å²) < 4.78 is 1.35. The molecule has 0 bridgehead atoms. The van der Waals surface area contributed by atoms with Gasteiger partial charge in [-0.25, -0.2) is 4.98 Å². The van der Waals surface area contributed by atoms with Gasteiger partial charge in [-0.3, -0.25) is 14.2 Å². The molecular weight excluding hydrogens is 256 g/mol. The molecule has 1 saturated heterocycles. The van der Waals surface area contributed by atoms with Gasteiger partial charge in [0.2, 0.25) is 5.91 Å². The van der Waals surface area contributed by atoms with Crippen LogP contribution in [0.1, 0.15) is 6.42 Å². The van der Waals surface area contributed by atoms with E-state index >= 15 is 0 Å². The van der Waals surface area contributed by atoms with E-state index < -0.39 is 0 Å². The summed E-state index contributed by atoms with van der Waals surface area (Å²) in [7, 11) is 0. The van der Waals surface area contributed by atoms with E-state index in [-0.39, 0.29) is 24.1 Å². The summed E-state index contributed by atoms with van der Waals surface area (Å²) >= 11 is 0. The van der Waals surface area contributed by atoms with Crippen LogP contribution in [0.3, 0.4) is 0 Å². The minimum absolute atomic E-state index is 0.00711. The molecule has 3 rings (SSSR count). The van der Waals surface area contributed by atoms with Gasteiger partial charge < -0.3 is 10.6 Å². The third-order valence-electron chi connectivity index (χ3n) is 3.47. The topological polar surface area (TPSA) is 76.0 Å². The van der Waals surface area contributed by atoms with Crippen molar-refractivity contribution in [1.29, 1.82) is 0 Å². The molecule has 0 spiro atoms. The Labute approximate surface area is 115 Å². The van der Waals surface area contributed by atoms with Crippen molar-refractivity contribution >= 4 is 16.8 Å². The van der Waals surface area contributed by atoms with Crippen LogP contribution < -0.4 is 16.2 Å². The molecule has 1 amide bonds. The van der Waals surface area contributed by atoms with E-state index in [9.17, 15) is 9.59 Å². The lowest BCUT2D eigenvalue weighted by atomic mass is 10.2. The minimum Gasteiger partial charge on any atom is -0.350 e. The summed E-state index contributed by atoms with van der Waals surface area (Å²) in [5.41, 5.74) is 0.462. The van der Waals surface area contributed by atoms with Crippen molar-refractivity contribution in [2.24, 2.45) is 0 Å². The van der Waals surface area contributed by atoms with Crippen molar-refractivity contribution < 1.29 is 4.79 Å². The minimum atomic E-state index is -0.185. The largest absolute Gasteiger partial charge is 0.350 e. The lowest BCUT2D eigenvalue weighted by Crippen LogP contribution is -2.39. The van der Waals surface area contributed by atoms with Crippen LogP contribution in [-0.2, 0) is 11.3 Å². The smallest absolute Gasteiger partial charge is 0.261 e. The molecule has 1 fully saturated rings. The maximum absolute atomic E-state index is 12.2. The van der Waals surface area contributed by atoms with Crippen LogP contribution in [0.25, 0.3) is 10.9 Å². The van der Waals surface area contributed by atoms with Gasteiger partial charge in [-0.1, -0.05) is 12.1 Å². The zero-order valence-electron chi connectivity index (χ0n) is 11.0. The number of aromatic nitrogens is 2. The first-order valence-corrected chi connectivity index (χ1v) is 6.68. The number of carbonyl (C=O) groups is 1. The van der Waals surface area contributed by atoms with Crippen LogP contribution in [0.4, 0.5) is 0 Å². The Morgan fingerprint density at radius 2 is 2.30 bits per heavy atom. The summed E-state index contributed by atoms with van der Waals surface area (Å²) in [6, 6.07) is 7.29. The molecule has 0 aliphatic carbocycles. The highest BCUT2D eigenvalue weighted by molar-refractivity contribution is 5.79. The number of nitrogens with zero attached hydrogens (tertiary/aromatic N) is 2. The monoisotopic (exact) mass is 272 g/mol. The Hall–Kier alpha value is -2.21. The average molecular weight is 272 g/mol. The SMILES string of the molecule is O=C(Cn1cnc2ccccc2c1=O)NC1CCNC1. The normalized spacial score (nSPS) is 18.3. The molecule has 1 aromatic carbocycles. The predicted molar refractivity (Wildman–Crippen MR) is 75.4 cm³/mol.